The van der Waals surface area contributed by atoms with Gasteiger partial charge in [0.15, 0.2) is 0 Å². The molecule has 0 spiro atoms. The molecule has 0 amide bonds. The van der Waals surface area contributed by atoms with Gasteiger partial charge in [-0.05, 0) is 35.6 Å². The number of hydrogen-bond donors (Lipinski definition) is 0. The van der Waals surface area contributed by atoms with E-state index >= 15 is 0 Å². The van der Waals surface area contributed by atoms with Crippen molar-refractivity contribution in [3.05, 3.63) is 83.6 Å². The van der Waals surface area contributed by atoms with E-state index in [2.05, 4.69) is 60.8 Å². The lowest BCUT2D eigenvalue weighted by atomic mass is 10.0. The molecule has 0 aliphatic heterocycles. The summed E-state index contributed by atoms with van der Waals surface area (Å²) in [5.74, 6) is 0. The highest BCUT2D eigenvalue weighted by atomic mass is 14.0. The standard InChI is InChI=1S/C17H16/c1-3-14(2)17-11-7-10-16(13-17)12-15-8-5-4-6-9-15/h4-11,13H,1,12H2,2H3. The zero-order valence-electron chi connectivity index (χ0n) is 10.1. The molecule has 0 nitrogen and oxygen atoms in total. The highest BCUT2D eigenvalue weighted by Gasteiger charge is 1.99. The minimum atomic E-state index is 0.971. The molecule has 0 saturated heterocycles. The third kappa shape index (κ3) is 2.96. The number of hydrogen-bond acceptors (Lipinski definition) is 0. The summed E-state index contributed by atoms with van der Waals surface area (Å²) in [4.78, 5) is 0. The summed E-state index contributed by atoms with van der Waals surface area (Å²) in [6.45, 7) is 5.72. The molecule has 0 radical (unpaired) electrons. The molecule has 0 bridgehead atoms. The molecule has 0 saturated carbocycles. The first-order valence-electron chi connectivity index (χ1n) is 5.79. The van der Waals surface area contributed by atoms with Gasteiger partial charge in [-0.15, -0.1) is 5.73 Å². The molecule has 0 atom stereocenters. The van der Waals surface area contributed by atoms with Crippen LogP contribution in [-0.4, -0.2) is 0 Å². The maximum atomic E-state index is 3.69. The molecule has 2 aromatic carbocycles. The van der Waals surface area contributed by atoms with Crippen molar-refractivity contribution in [1.29, 1.82) is 0 Å². The van der Waals surface area contributed by atoms with Gasteiger partial charge in [0, 0.05) is 0 Å². The summed E-state index contributed by atoms with van der Waals surface area (Å²) in [6.07, 6.45) is 0.971. The van der Waals surface area contributed by atoms with Crippen LogP contribution in [-0.2, 0) is 6.42 Å². The lowest BCUT2D eigenvalue weighted by Crippen LogP contribution is -1.89. The van der Waals surface area contributed by atoms with E-state index in [9.17, 15) is 0 Å². The lowest BCUT2D eigenvalue weighted by molar-refractivity contribution is 1.19. The smallest absolute Gasteiger partial charge is 0.00251 e. The fraction of sp³-hybridized carbons (Fsp3) is 0.118. The highest BCUT2D eigenvalue weighted by Crippen LogP contribution is 2.16. The third-order valence-electron chi connectivity index (χ3n) is 2.88. The van der Waals surface area contributed by atoms with Gasteiger partial charge in [0.2, 0.25) is 0 Å². The van der Waals surface area contributed by atoms with E-state index in [1.807, 2.05) is 13.0 Å². The first-order chi connectivity index (χ1) is 8.29. The van der Waals surface area contributed by atoms with Crippen LogP contribution in [0.15, 0.2) is 66.9 Å². The fourth-order valence-corrected chi connectivity index (χ4v) is 1.85. The quantitative estimate of drug-likeness (QED) is 0.670. The average Bonchev–Trinajstić information content (AvgIpc) is 2.39. The molecular formula is C17H16. The van der Waals surface area contributed by atoms with Crippen molar-refractivity contribution in [1.82, 2.24) is 0 Å². The Hall–Kier alpha value is -2.04. The summed E-state index contributed by atoms with van der Waals surface area (Å²) >= 11 is 0. The van der Waals surface area contributed by atoms with E-state index in [0.717, 1.165) is 12.0 Å². The van der Waals surface area contributed by atoms with E-state index in [0.29, 0.717) is 0 Å². The Bertz CT molecular complexity index is 543. The van der Waals surface area contributed by atoms with Crippen LogP contribution in [0.5, 0.6) is 0 Å². The molecule has 84 valence electrons. The Balaban J connectivity index is 2.26. The van der Waals surface area contributed by atoms with Gasteiger partial charge in [-0.3, -0.25) is 0 Å². The SMILES string of the molecule is C=C=C(C)c1cccc(Cc2ccccc2)c1. The van der Waals surface area contributed by atoms with Crippen molar-refractivity contribution in [3.8, 4) is 0 Å². The maximum absolute atomic E-state index is 3.69. The Morgan fingerprint density at radius 2 is 1.71 bits per heavy atom. The van der Waals surface area contributed by atoms with Gasteiger partial charge in [0.1, 0.15) is 0 Å². The zero-order chi connectivity index (χ0) is 12.1. The Kier molecular flexibility index (Phi) is 3.59. The summed E-state index contributed by atoms with van der Waals surface area (Å²) < 4.78 is 0. The summed E-state index contributed by atoms with van der Waals surface area (Å²) in [6, 6.07) is 19.1. The molecular weight excluding hydrogens is 204 g/mol. The molecule has 2 rings (SSSR count). The number of rotatable bonds is 3. The van der Waals surface area contributed by atoms with Crippen molar-refractivity contribution in [2.75, 3.05) is 0 Å². The average molecular weight is 220 g/mol. The van der Waals surface area contributed by atoms with E-state index < -0.39 is 0 Å². The van der Waals surface area contributed by atoms with Gasteiger partial charge in [0.05, 0.1) is 0 Å². The van der Waals surface area contributed by atoms with Gasteiger partial charge in [-0.1, -0.05) is 61.2 Å². The molecule has 0 aliphatic rings. The summed E-state index contributed by atoms with van der Waals surface area (Å²) in [5.41, 5.74) is 7.90. The van der Waals surface area contributed by atoms with Crippen LogP contribution in [0.25, 0.3) is 5.57 Å². The van der Waals surface area contributed by atoms with Gasteiger partial charge in [-0.2, -0.15) is 0 Å². The molecule has 0 aliphatic carbocycles. The fourth-order valence-electron chi connectivity index (χ4n) is 1.85. The van der Waals surface area contributed by atoms with Crippen LogP contribution >= 0.6 is 0 Å². The number of benzene rings is 2. The largest absolute Gasteiger partial charge is 0.125 e. The highest BCUT2D eigenvalue weighted by molar-refractivity contribution is 5.63. The van der Waals surface area contributed by atoms with Crippen LogP contribution in [0.3, 0.4) is 0 Å². The van der Waals surface area contributed by atoms with Crippen molar-refractivity contribution in [2.24, 2.45) is 0 Å². The van der Waals surface area contributed by atoms with E-state index in [4.69, 9.17) is 0 Å². The minimum absolute atomic E-state index is 0.971. The normalized spacial score (nSPS) is 9.71. The summed E-state index contributed by atoms with van der Waals surface area (Å²) in [7, 11) is 0. The lowest BCUT2D eigenvalue weighted by Gasteiger charge is -2.05. The van der Waals surface area contributed by atoms with Gasteiger partial charge < -0.3 is 0 Å². The molecule has 0 heteroatoms. The Labute approximate surface area is 103 Å². The first-order valence-corrected chi connectivity index (χ1v) is 5.79. The molecule has 0 aromatic heterocycles. The summed E-state index contributed by atoms with van der Waals surface area (Å²) in [5, 5.41) is 0. The van der Waals surface area contributed by atoms with Crippen LogP contribution in [0.4, 0.5) is 0 Å². The van der Waals surface area contributed by atoms with Crippen LogP contribution < -0.4 is 0 Å². The number of allylic oxidation sites excluding steroid dienone is 1. The molecule has 0 heterocycles. The molecule has 0 fully saturated rings. The first kappa shape index (κ1) is 11.4. The van der Waals surface area contributed by atoms with Crippen LogP contribution in [0, 0.1) is 0 Å². The van der Waals surface area contributed by atoms with Crippen LogP contribution in [0.2, 0.25) is 0 Å². The third-order valence-corrected chi connectivity index (χ3v) is 2.88. The topological polar surface area (TPSA) is 0 Å². The molecule has 0 N–H and O–H groups in total. The second-order valence-electron chi connectivity index (χ2n) is 4.16. The molecule has 17 heavy (non-hydrogen) atoms. The monoisotopic (exact) mass is 220 g/mol. The van der Waals surface area contributed by atoms with Gasteiger partial charge in [-0.25, -0.2) is 0 Å². The van der Waals surface area contributed by atoms with Crippen molar-refractivity contribution >= 4 is 5.57 Å². The van der Waals surface area contributed by atoms with Crippen molar-refractivity contribution in [3.63, 3.8) is 0 Å². The van der Waals surface area contributed by atoms with Gasteiger partial charge >= 0.3 is 0 Å². The second kappa shape index (κ2) is 5.34. The van der Waals surface area contributed by atoms with Gasteiger partial charge in [0.25, 0.3) is 0 Å². The minimum Gasteiger partial charge on any atom is -0.125 e. The van der Waals surface area contributed by atoms with E-state index in [1.165, 1.54) is 16.7 Å². The van der Waals surface area contributed by atoms with E-state index in [1.54, 1.807) is 0 Å². The molecule has 2 aromatic rings. The predicted octanol–water partition coefficient (Wildman–Crippen LogP) is 4.47. The van der Waals surface area contributed by atoms with E-state index in [-0.39, 0.29) is 0 Å². The predicted molar refractivity (Wildman–Crippen MR) is 73.9 cm³/mol. The Morgan fingerprint density at radius 1 is 1.00 bits per heavy atom. The van der Waals surface area contributed by atoms with Crippen molar-refractivity contribution in [2.45, 2.75) is 13.3 Å². The Morgan fingerprint density at radius 3 is 2.41 bits per heavy atom. The van der Waals surface area contributed by atoms with Crippen molar-refractivity contribution < 1.29 is 0 Å². The second-order valence-corrected chi connectivity index (χ2v) is 4.16. The van der Waals surface area contributed by atoms with Crippen LogP contribution in [0.1, 0.15) is 23.6 Å². The maximum Gasteiger partial charge on any atom is -0.00251 e. The molecule has 0 unspecified atom stereocenters. The zero-order valence-corrected chi connectivity index (χ0v) is 10.1.